The summed E-state index contributed by atoms with van der Waals surface area (Å²) in [6.07, 6.45) is -0.490. The predicted molar refractivity (Wildman–Crippen MR) is 169 cm³/mol. The van der Waals surface area contributed by atoms with Crippen LogP contribution in [0.4, 0.5) is 16.2 Å². The van der Waals surface area contributed by atoms with Gasteiger partial charge in [-0.15, -0.1) is 0 Å². The molecule has 0 saturated carbocycles. The predicted octanol–water partition coefficient (Wildman–Crippen LogP) is 4.89. The smallest absolute Gasteiger partial charge is 0.415 e. The molecule has 4 rings (SSSR count). The molecule has 0 aliphatic carbocycles. The lowest BCUT2D eigenvalue weighted by Gasteiger charge is -2.39. The molecule has 11 heteroatoms. The molecule has 234 valence electrons. The van der Waals surface area contributed by atoms with Gasteiger partial charge in [0.05, 0.1) is 31.2 Å². The van der Waals surface area contributed by atoms with E-state index in [1.807, 2.05) is 45.0 Å². The fraction of sp³-hybridized carbons (Fsp3) is 0.364. The van der Waals surface area contributed by atoms with Crippen molar-refractivity contribution in [1.82, 2.24) is 9.80 Å². The number of anilines is 2. The van der Waals surface area contributed by atoms with Crippen molar-refractivity contribution < 1.29 is 33.3 Å². The first-order valence-electron chi connectivity index (χ1n) is 14.2. The maximum Gasteiger partial charge on any atom is 0.415 e. The summed E-state index contributed by atoms with van der Waals surface area (Å²) in [5, 5.41) is 3.31. The lowest BCUT2D eigenvalue weighted by molar-refractivity contribution is -0.121. The Morgan fingerprint density at radius 3 is 2.18 bits per heavy atom. The Kier molecular flexibility index (Phi) is 9.68. The van der Waals surface area contributed by atoms with E-state index >= 15 is 0 Å². The van der Waals surface area contributed by atoms with Crippen molar-refractivity contribution >= 4 is 29.3 Å². The molecule has 0 spiro atoms. The number of hydrogen-bond acceptors (Lipinski definition) is 9. The molecule has 0 bridgehead atoms. The van der Waals surface area contributed by atoms with Crippen molar-refractivity contribution in [2.45, 2.75) is 26.0 Å². The van der Waals surface area contributed by atoms with Gasteiger partial charge in [-0.25, -0.2) is 9.59 Å². The van der Waals surface area contributed by atoms with Crippen LogP contribution in [-0.2, 0) is 16.1 Å². The van der Waals surface area contributed by atoms with Crippen molar-refractivity contribution in [3.05, 3.63) is 65.7 Å². The molecule has 1 heterocycles. The molecule has 0 aromatic heterocycles. The molecule has 1 aliphatic heterocycles. The number of nitrogens with zero attached hydrogens (tertiary/aromatic N) is 3. The number of hydrogen-bond donors (Lipinski definition) is 1. The number of amides is 2. The van der Waals surface area contributed by atoms with E-state index in [-0.39, 0.29) is 12.5 Å². The molecule has 0 saturated heterocycles. The van der Waals surface area contributed by atoms with Crippen LogP contribution in [-0.4, -0.2) is 88.8 Å². The van der Waals surface area contributed by atoms with Gasteiger partial charge in [-0.05, 0) is 76.0 Å². The first-order valence-corrected chi connectivity index (χ1v) is 14.2. The summed E-state index contributed by atoms with van der Waals surface area (Å²) in [6.45, 7) is 4.70. The number of fused-ring (bicyclic) bond motifs is 1. The van der Waals surface area contributed by atoms with Crippen LogP contribution < -0.4 is 24.4 Å². The SMILES string of the molecule is COc1ccc(C(=O)OCc2c(-c3ccc(OC(=O)N(C)CCN(C)C)cc3OC)ccc3c2N(C)C(=O)C(C)(C)N3)cc1. The molecule has 11 nitrogen and oxygen atoms in total. The van der Waals surface area contributed by atoms with E-state index in [9.17, 15) is 14.4 Å². The largest absolute Gasteiger partial charge is 0.497 e. The van der Waals surface area contributed by atoms with E-state index in [4.69, 9.17) is 18.9 Å². The van der Waals surface area contributed by atoms with Crippen LogP contribution in [0.25, 0.3) is 11.1 Å². The summed E-state index contributed by atoms with van der Waals surface area (Å²) in [5.74, 6) is 0.705. The zero-order valence-electron chi connectivity index (χ0n) is 26.5. The van der Waals surface area contributed by atoms with Gasteiger partial charge in [0, 0.05) is 44.4 Å². The van der Waals surface area contributed by atoms with Crippen molar-refractivity contribution in [2.24, 2.45) is 0 Å². The van der Waals surface area contributed by atoms with Gasteiger partial charge in [-0.3, -0.25) is 4.79 Å². The van der Waals surface area contributed by atoms with E-state index in [0.29, 0.717) is 58.3 Å². The number of ether oxygens (including phenoxy) is 4. The lowest BCUT2D eigenvalue weighted by atomic mass is 9.91. The average Bonchev–Trinajstić information content (AvgIpc) is 3.00. The number of nitrogens with one attached hydrogen (secondary N) is 1. The highest BCUT2D eigenvalue weighted by Crippen LogP contribution is 2.45. The number of rotatable bonds is 10. The third-order valence-corrected chi connectivity index (χ3v) is 7.44. The summed E-state index contributed by atoms with van der Waals surface area (Å²) in [6, 6.07) is 15.5. The molecule has 3 aromatic rings. The van der Waals surface area contributed by atoms with Crippen LogP contribution in [0, 0.1) is 0 Å². The molecule has 0 radical (unpaired) electrons. The standard InChI is InChI=1S/C33H40N4O7/c1-33(2)31(39)37(6)29-26(20-43-30(38)21-9-11-22(41-7)12-10-21)24(15-16-27(29)34-33)25-14-13-23(19-28(25)42-8)44-32(40)36(5)18-17-35(3)4/h9-16,19,34H,17-18,20H2,1-8H3. The van der Waals surface area contributed by atoms with Crippen molar-refractivity contribution in [3.63, 3.8) is 0 Å². The minimum absolute atomic E-state index is 0.125. The zero-order valence-corrected chi connectivity index (χ0v) is 26.5. The molecule has 0 atom stereocenters. The zero-order chi connectivity index (χ0) is 32.2. The molecule has 0 fully saturated rings. The summed E-state index contributed by atoms with van der Waals surface area (Å²) in [4.78, 5) is 44.1. The van der Waals surface area contributed by atoms with Crippen LogP contribution >= 0.6 is 0 Å². The van der Waals surface area contributed by atoms with Crippen LogP contribution in [0.5, 0.6) is 17.2 Å². The second-order valence-corrected chi connectivity index (χ2v) is 11.4. The Balaban J connectivity index is 1.71. The van der Waals surface area contributed by atoms with Gasteiger partial charge < -0.3 is 39.0 Å². The van der Waals surface area contributed by atoms with Gasteiger partial charge in [0.15, 0.2) is 0 Å². The number of methoxy groups -OCH3 is 2. The minimum Gasteiger partial charge on any atom is -0.497 e. The second kappa shape index (κ2) is 13.3. The lowest BCUT2D eigenvalue weighted by Crippen LogP contribution is -2.52. The summed E-state index contributed by atoms with van der Waals surface area (Å²) in [5.41, 5.74) is 2.80. The highest BCUT2D eigenvalue weighted by atomic mass is 16.6. The maximum atomic E-state index is 13.3. The third kappa shape index (κ3) is 6.89. The van der Waals surface area contributed by atoms with Gasteiger partial charge in [-0.1, -0.05) is 6.07 Å². The summed E-state index contributed by atoms with van der Waals surface area (Å²) in [7, 11) is 10.3. The topological polar surface area (TPSA) is 110 Å². The van der Waals surface area contributed by atoms with Crippen molar-refractivity contribution in [2.75, 3.05) is 65.7 Å². The fourth-order valence-electron chi connectivity index (χ4n) is 4.96. The maximum absolute atomic E-state index is 13.3. The van der Waals surface area contributed by atoms with Crippen molar-refractivity contribution in [3.8, 4) is 28.4 Å². The van der Waals surface area contributed by atoms with Gasteiger partial charge in [-0.2, -0.15) is 0 Å². The van der Waals surface area contributed by atoms with E-state index < -0.39 is 17.6 Å². The minimum atomic E-state index is -0.830. The van der Waals surface area contributed by atoms with Gasteiger partial charge in [0.25, 0.3) is 5.91 Å². The van der Waals surface area contributed by atoms with Crippen LogP contribution in [0.15, 0.2) is 54.6 Å². The van der Waals surface area contributed by atoms with E-state index in [0.717, 1.165) is 5.69 Å². The molecular weight excluding hydrogens is 564 g/mol. The molecule has 44 heavy (non-hydrogen) atoms. The fourth-order valence-corrected chi connectivity index (χ4v) is 4.96. The number of carbonyl (C=O) groups is 3. The van der Waals surface area contributed by atoms with Gasteiger partial charge in [0.2, 0.25) is 0 Å². The third-order valence-electron chi connectivity index (χ3n) is 7.44. The molecule has 2 amide bonds. The van der Waals surface area contributed by atoms with E-state index in [1.165, 1.54) is 12.0 Å². The van der Waals surface area contributed by atoms with Gasteiger partial charge in [0.1, 0.15) is 29.4 Å². The molecule has 3 aromatic carbocycles. The van der Waals surface area contributed by atoms with Gasteiger partial charge >= 0.3 is 12.1 Å². The van der Waals surface area contributed by atoms with E-state index in [1.54, 1.807) is 68.6 Å². The Morgan fingerprint density at radius 1 is 0.886 bits per heavy atom. The molecule has 1 N–H and O–H groups in total. The van der Waals surface area contributed by atoms with Crippen LogP contribution in [0.2, 0.25) is 0 Å². The molecule has 0 unspecified atom stereocenters. The Hall–Kier alpha value is -4.77. The molecular formula is C33H40N4O7. The van der Waals surface area contributed by atoms with E-state index in [2.05, 4.69) is 5.32 Å². The Morgan fingerprint density at radius 2 is 1.55 bits per heavy atom. The highest BCUT2D eigenvalue weighted by molar-refractivity contribution is 6.09. The Bertz CT molecular complexity index is 1540. The first kappa shape index (κ1) is 32.2. The van der Waals surface area contributed by atoms with Crippen LogP contribution in [0.3, 0.4) is 0 Å². The van der Waals surface area contributed by atoms with Crippen molar-refractivity contribution in [1.29, 1.82) is 0 Å². The normalized spacial score (nSPS) is 13.6. The summed E-state index contributed by atoms with van der Waals surface area (Å²) < 4.78 is 22.3. The monoisotopic (exact) mass is 604 g/mol. The van der Waals surface area contributed by atoms with Crippen LogP contribution in [0.1, 0.15) is 29.8 Å². The highest BCUT2D eigenvalue weighted by Gasteiger charge is 2.39. The number of benzene rings is 3. The number of likely N-dealkylation sites (N-methyl/N-ethyl adjacent to an activating group) is 3. The summed E-state index contributed by atoms with van der Waals surface area (Å²) >= 11 is 0. The average molecular weight is 605 g/mol. The second-order valence-electron chi connectivity index (χ2n) is 11.4. The molecule has 1 aliphatic rings. The quantitative estimate of drug-likeness (QED) is 0.324. The number of esters is 1. The number of carbonyl (C=O) groups excluding carboxylic acids is 3. The Labute approximate surface area is 258 Å². The first-order chi connectivity index (χ1) is 20.9.